The van der Waals surface area contributed by atoms with Crippen LogP contribution in [0, 0.1) is 4.78 Å². The van der Waals surface area contributed by atoms with E-state index in [1.54, 1.807) is 11.9 Å². The maximum absolute atomic E-state index is 11.3. The zero-order valence-electron chi connectivity index (χ0n) is 8.08. The maximum atomic E-state index is 11.3. The van der Waals surface area contributed by atoms with Gasteiger partial charge in [-0.25, -0.2) is 4.21 Å². The molecule has 0 bridgehead atoms. The zero-order chi connectivity index (χ0) is 10.1. The molecule has 1 rings (SSSR count). The second-order valence-electron chi connectivity index (χ2n) is 3.48. The summed E-state index contributed by atoms with van der Waals surface area (Å²) in [7, 11) is -0.643. The first kappa shape index (κ1) is 10.5. The average molecular weight is 204 g/mol. The summed E-state index contributed by atoms with van der Waals surface area (Å²) >= 11 is 0. The fourth-order valence-electron chi connectivity index (χ4n) is 1.56. The number of rotatable bonds is 2. The van der Waals surface area contributed by atoms with E-state index in [9.17, 15) is 9.00 Å². The van der Waals surface area contributed by atoms with Crippen molar-refractivity contribution in [1.82, 2.24) is 4.90 Å². The topological polar surface area (TPSA) is 61.2 Å². The summed E-state index contributed by atoms with van der Waals surface area (Å²) < 4.78 is 18.7. The van der Waals surface area contributed by atoms with Gasteiger partial charge < -0.3 is 4.90 Å². The highest BCUT2D eigenvalue weighted by Crippen LogP contribution is 2.17. The Morgan fingerprint density at radius 2 is 2.31 bits per heavy atom. The van der Waals surface area contributed by atoms with Crippen LogP contribution in [0.5, 0.6) is 0 Å². The van der Waals surface area contributed by atoms with Crippen molar-refractivity contribution in [3.8, 4) is 0 Å². The van der Waals surface area contributed by atoms with Crippen molar-refractivity contribution in [2.45, 2.75) is 25.8 Å². The molecule has 0 aromatic heterocycles. The van der Waals surface area contributed by atoms with E-state index in [0.717, 1.165) is 0 Å². The molecule has 0 aromatic rings. The van der Waals surface area contributed by atoms with Crippen LogP contribution in [0.1, 0.15) is 19.8 Å². The number of nitrogens with one attached hydrogen (secondary N) is 1. The van der Waals surface area contributed by atoms with Crippen LogP contribution in [0.15, 0.2) is 0 Å². The fraction of sp³-hybridized carbons (Fsp3) is 0.875. The van der Waals surface area contributed by atoms with Crippen molar-refractivity contribution in [1.29, 1.82) is 4.78 Å². The summed E-state index contributed by atoms with van der Waals surface area (Å²) in [4.78, 5) is 12.9. The quantitative estimate of drug-likeness (QED) is 0.718. The predicted octanol–water partition coefficient (Wildman–Crippen LogP) is 0.674. The van der Waals surface area contributed by atoms with E-state index in [0.29, 0.717) is 24.3 Å². The van der Waals surface area contributed by atoms with Gasteiger partial charge in [0.15, 0.2) is 0 Å². The Kier molecular flexibility index (Phi) is 2.95. The van der Waals surface area contributed by atoms with Gasteiger partial charge in [-0.2, -0.15) is 0 Å². The monoisotopic (exact) mass is 204 g/mol. The molecular weight excluding hydrogens is 188 g/mol. The van der Waals surface area contributed by atoms with Gasteiger partial charge in [-0.15, -0.1) is 0 Å². The van der Waals surface area contributed by atoms with Crippen molar-refractivity contribution >= 4 is 15.6 Å². The van der Waals surface area contributed by atoms with E-state index in [-0.39, 0.29) is 11.9 Å². The molecule has 1 saturated heterocycles. The van der Waals surface area contributed by atoms with Crippen LogP contribution in [0.4, 0.5) is 0 Å². The number of carbonyl (C=O) groups is 1. The fourth-order valence-corrected chi connectivity index (χ4v) is 3.39. The van der Waals surface area contributed by atoms with E-state index >= 15 is 0 Å². The first-order valence-electron chi connectivity index (χ1n) is 4.46. The van der Waals surface area contributed by atoms with Crippen LogP contribution in [0.25, 0.3) is 0 Å². The van der Waals surface area contributed by atoms with Gasteiger partial charge in [-0.3, -0.25) is 9.57 Å². The van der Waals surface area contributed by atoms with E-state index in [1.165, 1.54) is 0 Å². The molecule has 4 nitrogen and oxygen atoms in total. The number of hydrogen-bond acceptors (Lipinski definition) is 3. The standard InChI is InChI=1S/C8H16N2O2S/c1-3-8(11)10(2)7-4-5-13(9,12)6-7/h7,9H,3-6H2,1-2H3. The van der Waals surface area contributed by atoms with Gasteiger partial charge >= 0.3 is 0 Å². The predicted molar refractivity (Wildman–Crippen MR) is 52.1 cm³/mol. The minimum atomic E-state index is -2.38. The largest absolute Gasteiger partial charge is 0.342 e. The molecule has 2 atom stereocenters. The van der Waals surface area contributed by atoms with Crippen LogP contribution in [-0.4, -0.2) is 39.6 Å². The Morgan fingerprint density at radius 3 is 2.69 bits per heavy atom. The molecule has 0 radical (unpaired) electrons. The lowest BCUT2D eigenvalue weighted by atomic mass is 10.2. The summed E-state index contributed by atoms with van der Waals surface area (Å²) in [5, 5.41) is 0. The molecule has 1 aliphatic rings. The molecule has 0 saturated carbocycles. The number of nitrogens with zero attached hydrogens (tertiary/aromatic N) is 1. The first-order chi connectivity index (χ1) is 5.96. The summed E-state index contributed by atoms with van der Waals surface area (Å²) in [5.74, 6) is 0.871. The molecule has 0 aliphatic carbocycles. The molecule has 0 aromatic carbocycles. The maximum Gasteiger partial charge on any atom is 0.222 e. The first-order valence-corrected chi connectivity index (χ1v) is 6.35. The lowest BCUT2D eigenvalue weighted by Gasteiger charge is -2.22. The minimum Gasteiger partial charge on any atom is -0.342 e. The van der Waals surface area contributed by atoms with Gasteiger partial charge in [0.05, 0.1) is 5.75 Å². The zero-order valence-corrected chi connectivity index (χ0v) is 8.89. The molecule has 1 heterocycles. The third kappa shape index (κ3) is 2.43. The number of hydrogen-bond donors (Lipinski definition) is 1. The Hall–Kier alpha value is -0.580. The van der Waals surface area contributed by atoms with Crippen molar-refractivity contribution < 1.29 is 9.00 Å². The van der Waals surface area contributed by atoms with Gasteiger partial charge in [0.2, 0.25) is 5.91 Å². The molecule has 2 unspecified atom stereocenters. The summed E-state index contributed by atoms with van der Waals surface area (Å²) in [6.07, 6.45) is 1.19. The van der Waals surface area contributed by atoms with Crippen LogP contribution in [0.2, 0.25) is 0 Å². The second kappa shape index (κ2) is 3.65. The van der Waals surface area contributed by atoms with Crippen LogP contribution in [0.3, 0.4) is 0 Å². The number of carbonyl (C=O) groups excluding carboxylic acids is 1. The molecular formula is C8H16N2O2S. The molecule has 1 N–H and O–H groups in total. The Labute approximate surface area is 79.3 Å². The lowest BCUT2D eigenvalue weighted by molar-refractivity contribution is -0.131. The van der Waals surface area contributed by atoms with E-state index in [1.807, 2.05) is 6.92 Å². The summed E-state index contributed by atoms with van der Waals surface area (Å²) in [5.41, 5.74) is 0. The van der Waals surface area contributed by atoms with Crippen LogP contribution in [-0.2, 0) is 14.5 Å². The van der Waals surface area contributed by atoms with E-state index in [4.69, 9.17) is 4.78 Å². The Morgan fingerprint density at radius 1 is 1.69 bits per heavy atom. The van der Waals surface area contributed by atoms with Crippen molar-refractivity contribution in [3.05, 3.63) is 0 Å². The normalized spacial score (nSPS) is 33.2. The average Bonchev–Trinajstić information content (AvgIpc) is 2.43. The van der Waals surface area contributed by atoms with Crippen molar-refractivity contribution in [2.24, 2.45) is 0 Å². The van der Waals surface area contributed by atoms with Gasteiger partial charge in [-0.1, -0.05) is 6.92 Å². The van der Waals surface area contributed by atoms with E-state index in [2.05, 4.69) is 0 Å². The summed E-state index contributed by atoms with van der Waals surface area (Å²) in [6.45, 7) is 1.81. The SMILES string of the molecule is CCC(=O)N(C)C1CCS(=N)(=O)C1. The highest BCUT2D eigenvalue weighted by atomic mass is 32.2. The highest BCUT2D eigenvalue weighted by molar-refractivity contribution is 7.92. The molecule has 13 heavy (non-hydrogen) atoms. The molecule has 1 amide bonds. The minimum absolute atomic E-state index is 0.0254. The molecule has 1 aliphatic heterocycles. The molecule has 0 spiro atoms. The third-order valence-corrected chi connectivity index (χ3v) is 4.30. The smallest absolute Gasteiger partial charge is 0.222 e. The van der Waals surface area contributed by atoms with Gasteiger partial charge in [-0.05, 0) is 6.42 Å². The lowest BCUT2D eigenvalue weighted by Crippen LogP contribution is -2.37. The third-order valence-electron chi connectivity index (χ3n) is 2.49. The van der Waals surface area contributed by atoms with Crippen LogP contribution < -0.4 is 0 Å². The van der Waals surface area contributed by atoms with Gasteiger partial charge in [0.25, 0.3) is 0 Å². The van der Waals surface area contributed by atoms with Gasteiger partial charge in [0.1, 0.15) is 0 Å². The molecule has 76 valence electrons. The Bertz CT molecular complexity index is 297. The molecule has 1 fully saturated rings. The summed E-state index contributed by atoms with van der Waals surface area (Å²) in [6, 6.07) is 0.0254. The van der Waals surface area contributed by atoms with Gasteiger partial charge in [0, 0.05) is 35.0 Å². The Balaban J connectivity index is 2.61. The van der Waals surface area contributed by atoms with Crippen molar-refractivity contribution in [2.75, 3.05) is 18.6 Å². The van der Waals surface area contributed by atoms with Crippen LogP contribution >= 0.6 is 0 Å². The van der Waals surface area contributed by atoms with Crippen molar-refractivity contribution in [3.63, 3.8) is 0 Å². The molecule has 5 heteroatoms. The highest BCUT2D eigenvalue weighted by Gasteiger charge is 2.29. The number of amides is 1. The van der Waals surface area contributed by atoms with E-state index < -0.39 is 9.73 Å². The second-order valence-corrected chi connectivity index (χ2v) is 5.85.